The third kappa shape index (κ3) is 2.86. The number of anilines is 1. The molecule has 0 spiro atoms. The number of carbonyl (C=O) groups is 1. The lowest BCUT2D eigenvalue weighted by Crippen LogP contribution is -2.36. The lowest BCUT2D eigenvalue weighted by atomic mass is 10.1. The smallest absolute Gasteiger partial charge is 0.319 e. The third-order valence-corrected chi connectivity index (χ3v) is 3.57. The summed E-state index contributed by atoms with van der Waals surface area (Å²) in [7, 11) is 0. The molecule has 0 fully saturated rings. The number of aryl methyl sites for hydroxylation is 3. The highest BCUT2D eigenvalue weighted by molar-refractivity contribution is 5.90. The van der Waals surface area contributed by atoms with Gasteiger partial charge in [0.25, 0.3) is 0 Å². The number of nitrogens with zero attached hydrogens (tertiary/aromatic N) is 4. The summed E-state index contributed by atoms with van der Waals surface area (Å²) >= 11 is 0. The van der Waals surface area contributed by atoms with Crippen LogP contribution in [0.1, 0.15) is 36.1 Å². The number of rotatable bonds is 2. The van der Waals surface area contributed by atoms with Gasteiger partial charge < -0.3 is 10.6 Å². The fraction of sp³-hybridized carbons (Fsp3) is 0.429. The Hall–Kier alpha value is -2.44. The van der Waals surface area contributed by atoms with Gasteiger partial charge in [-0.25, -0.2) is 14.5 Å². The number of urea groups is 1. The van der Waals surface area contributed by atoms with E-state index >= 15 is 0 Å². The Morgan fingerprint density at radius 2 is 2.29 bits per heavy atom. The maximum absolute atomic E-state index is 12.1. The molecule has 1 aliphatic heterocycles. The minimum absolute atomic E-state index is 0.100. The Balaban J connectivity index is 1.70. The van der Waals surface area contributed by atoms with Crippen LogP contribution in [-0.2, 0) is 6.54 Å². The minimum Gasteiger partial charge on any atom is -0.328 e. The van der Waals surface area contributed by atoms with Gasteiger partial charge in [-0.3, -0.25) is 4.98 Å². The molecule has 0 radical (unpaired) electrons. The summed E-state index contributed by atoms with van der Waals surface area (Å²) < 4.78 is 1.87. The number of carbonyl (C=O) groups excluding carboxylic acids is 1. The van der Waals surface area contributed by atoms with Crippen molar-refractivity contribution in [1.82, 2.24) is 25.1 Å². The van der Waals surface area contributed by atoms with Crippen LogP contribution in [0.5, 0.6) is 0 Å². The Morgan fingerprint density at radius 3 is 3.10 bits per heavy atom. The molecule has 2 amide bonds. The zero-order valence-corrected chi connectivity index (χ0v) is 12.1. The Kier molecular flexibility index (Phi) is 3.55. The Bertz CT molecular complexity index is 665. The van der Waals surface area contributed by atoms with Crippen LogP contribution >= 0.6 is 0 Å². The summed E-state index contributed by atoms with van der Waals surface area (Å²) in [6.45, 7) is 4.65. The van der Waals surface area contributed by atoms with E-state index in [9.17, 15) is 4.79 Å². The Labute approximate surface area is 122 Å². The van der Waals surface area contributed by atoms with Gasteiger partial charge in [0, 0.05) is 12.7 Å². The highest BCUT2D eigenvalue weighted by Gasteiger charge is 2.25. The average molecular weight is 286 g/mol. The molecule has 0 unspecified atom stereocenters. The fourth-order valence-electron chi connectivity index (χ4n) is 2.52. The topological polar surface area (TPSA) is 84.7 Å². The van der Waals surface area contributed by atoms with E-state index in [-0.39, 0.29) is 12.1 Å². The largest absolute Gasteiger partial charge is 0.328 e. The van der Waals surface area contributed by atoms with Crippen molar-refractivity contribution in [3.63, 3.8) is 0 Å². The molecule has 1 aliphatic rings. The van der Waals surface area contributed by atoms with E-state index in [1.165, 1.54) is 0 Å². The van der Waals surface area contributed by atoms with Crippen molar-refractivity contribution >= 4 is 11.7 Å². The molecular weight excluding hydrogens is 268 g/mol. The van der Waals surface area contributed by atoms with E-state index in [0.29, 0.717) is 5.69 Å². The van der Waals surface area contributed by atoms with E-state index in [4.69, 9.17) is 0 Å². The monoisotopic (exact) mass is 286 g/mol. The van der Waals surface area contributed by atoms with Gasteiger partial charge in [0.15, 0.2) is 0 Å². The van der Waals surface area contributed by atoms with Crippen LogP contribution in [-0.4, -0.2) is 25.8 Å². The quantitative estimate of drug-likeness (QED) is 0.883. The summed E-state index contributed by atoms with van der Waals surface area (Å²) in [4.78, 5) is 20.6. The number of amides is 2. The van der Waals surface area contributed by atoms with Crippen LogP contribution in [0.3, 0.4) is 0 Å². The molecule has 1 atom stereocenters. The van der Waals surface area contributed by atoms with Gasteiger partial charge >= 0.3 is 6.03 Å². The van der Waals surface area contributed by atoms with Gasteiger partial charge in [0.1, 0.15) is 11.6 Å². The van der Waals surface area contributed by atoms with Crippen molar-refractivity contribution in [2.24, 2.45) is 0 Å². The van der Waals surface area contributed by atoms with Crippen LogP contribution in [0.2, 0.25) is 0 Å². The van der Waals surface area contributed by atoms with Crippen LogP contribution in [0.4, 0.5) is 10.5 Å². The molecular formula is C14H18N6O. The molecule has 3 rings (SSSR count). The standard InChI is InChI=1S/C14H18N6O/c1-9-5-6-15-8-12(9)18-14(21)17-11-4-3-7-20-13(11)16-10(2)19-20/h5-6,8,11H,3-4,7H2,1-2H3,(H2,17,18,21)/t11-/m1/s1. The second-order valence-corrected chi connectivity index (χ2v) is 5.22. The van der Waals surface area contributed by atoms with Crippen LogP contribution < -0.4 is 10.6 Å². The first-order chi connectivity index (χ1) is 10.1. The van der Waals surface area contributed by atoms with Crippen molar-refractivity contribution in [3.05, 3.63) is 35.7 Å². The summed E-state index contributed by atoms with van der Waals surface area (Å²) in [6.07, 6.45) is 5.19. The number of nitrogens with one attached hydrogen (secondary N) is 2. The normalized spacial score (nSPS) is 17.1. The molecule has 2 N–H and O–H groups in total. The number of hydrogen-bond acceptors (Lipinski definition) is 4. The predicted molar refractivity (Wildman–Crippen MR) is 77.9 cm³/mol. The van der Waals surface area contributed by atoms with Crippen molar-refractivity contribution in [2.45, 2.75) is 39.3 Å². The van der Waals surface area contributed by atoms with Crippen LogP contribution in [0.25, 0.3) is 0 Å². The zero-order valence-electron chi connectivity index (χ0n) is 12.1. The molecule has 0 saturated heterocycles. The molecule has 21 heavy (non-hydrogen) atoms. The first-order valence-corrected chi connectivity index (χ1v) is 7.03. The van der Waals surface area contributed by atoms with E-state index in [1.807, 2.05) is 24.6 Å². The van der Waals surface area contributed by atoms with Gasteiger partial charge in [-0.1, -0.05) is 0 Å². The van der Waals surface area contributed by atoms with Gasteiger partial charge in [-0.05, 0) is 38.3 Å². The van der Waals surface area contributed by atoms with Crippen LogP contribution in [0, 0.1) is 13.8 Å². The Morgan fingerprint density at radius 1 is 1.43 bits per heavy atom. The molecule has 0 aliphatic carbocycles. The van der Waals surface area contributed by atoms with E-state index in [2.05, 4.69) is 25.7 Å². The fourth-order valence-corrected chi connectivity index (χ4v) is 2.52. The van der Waals surface area contributed by atoms with E-state index in [0.717, 1.165) is 36.6 Å². The number of aromatic nitrogens is 4. The average Bonchev–Trinajstić information content (AvgIpc) is 2.83. The maximum atomic E-state index is 12.1. The predicted octanol–water partition coefficient (Wildman–Crippen LogP) is 1.95. The third-order valence-electron chi connectivity index (χ3n) is 3.57. The highest BCUT2D eigenvalue weighted by Crippen LogP contribution is 2.23. The molecule has 7 heteroatoms. The van der Waals surface area contributed by atoms with Crippen molar-refractivity contribution < 1.29 is 4.79 Å². The number of pyridine rings is 1. The van der Waals surface area contributed by atoms with Gasteiger partial charge in [0.05, 0.1) is 17.9 Å². The molecule has 2 aromatic heterocycles. The molecule has 110 valence electrons. The van der Waals surface area contributed by atoms with Crippen LogP contribution in [0.15, 0.2) is 18.5 Å². The summed E-state index contributed by atoms with van der Waals surface area (Å²) in [5, 5.41) is 10.1. The first kappa shape index (κ1) is 13.5. The van der Waals surface area contributed by atoms with E-state index < -0.39 is 0 Å². The summed E-state index contributed by atoms with van der Waals surface area (Å²) in [5.74, 6) is 1.57. The minimum atomic E-state index is -0.245. The second kappa shape index (κ2) is 5.51. The number of fused-ring (bicyclic) bond motifs is 1. The first-order valence-electron chi connectivity index (χ1n) is 7.03. The highest BCUT2D eigenvalue weighted by atomic mass is 16.2. The maximum Gasteiger partial charge on any atom is 0.319 e. The lowest BCUT2D eigenvalue weighted by Gasteiger charge is -2.23. The van der Waals surface area contributed by atoms with Gasteiger partial charge in [-0.2, -0.15) is 5.10 Å². The summed E-state index contributed by atoms with van der Waals surface area (Å²) in [6, 6.07) is 1.51. The van der Waals surface area contributed by atoms with Crippen molar-refractivity contribution in [2.75, 3.05) is 5.32 Å². The van der Waals surface area contributed by atoms with E-state index in [1.54, 1.807) is 12.4 Å². The van der Waals surface area contributed by atoms with Crippen molar-refractivity contribution in [1.29, 1.82) is 0 Å². The molecule has 3 heterocycles. The molecule has 0 saturated carbocycles. The molecule has 2 aromatic rings. The number of hydrogen-bond donors (Lipinski definition) is 2. The molecule has 0 aromatic carbocycles. The zero-order chi connectivity index (χ0) is 14.8. The molecule has 7 nitrogen and oxygen atoms in total. The SMILES string of the molecule is Cc1nc2n(n1)CCC[C@H]2NC(=O)Nc1cnccc1C. The van der Waals surface area contributed by atoms with Gasteiger partial charge in [0.2, 0.25) is 0 Å². The lowest BCUT2D eigenvalue weighted by molar-refractivity contribution is 0.244. The second-order valence-electron chi connectivity index (χ2n) is 5.22. The van der Waals surface area contributed by atoms with Crippen molar-refractivity contribution in [3.8, 4) is 0 Å². The van der Waals surface area contributed by atoms with Gasteiger partial charge in [-0.15, -0.1) is 0 Å². The molecule has 0 bridgehead atoms. The summed E-state index contributed by atoms with van der Waals surface area (Å²) in [5.41, 5.74) is 1.69.